The van der Waals surface area contributed by atoms with Gasteiger partial charge < -0.3 is 5.32 Å². The molecule has 0 aromatic carbocycles. The van der Waals surface area contributed by atoms with E-state index in [-0.39, 0.29) is 0 Å². The summed E-state index contributed by atoms with van der Waals surface area (Å²) in [6, 6.07) is 2.41. The maximum absolute atomic E-state index is 6.10. The molecule has 1 N–H and O–H groups in total. The van der Waals surface area contributed by atoms with Crippen molar-refractivity contribution in [2.45, 2.75) is 63.8 Å². The van der Waals surface area contributed by atoms with Crippen molar-refractivity contribution >= 4 is 17.4 Å². The third-order valence-corrected chi connectivity index (χ3v) is 4.46. The molecule has 2 fully saturated rings. The average Bonchev–Trinajstić information content (AvgIpc) is 3.18. The summed E-state index contributed by atoms with van der Waals surface area (Å²) in [5.74, 6) is 3.26. The summed E-state index contributed by atoms with van der Waals surface area (Å²) in [6.07, 6.45) is 8.88. The molecule has 1 heterocycles. The van der Waals surface area contributed by atoms with Crippen molar-refractivity contribution in [2.75, 3.05) is 5.32 Å². The van der Waals surface area contributed by atoms with Crippen LogP contribution in [-0.4, -0.2) is 16.0 Å². The average molecular weight is 280 g/mol. The normalized spacial score (nSPS) is 27.9. The maximum Gasteiger partial charge on any atom is 0.135 e. The molecule has 0 spiro atoms. The summed E-state index contributed by atoms with van der Waals surface area (Å²) in [5, 5.41) is 4.14. The molecule has 2 unspecified atom stereocenters. The largest absolute Gasteiger partial charge is 0.367 e. The van der Waals surface area contributed by atoms with Crippen molar-refractivity contribution in [2.24, 2.45) is 5.92 Å². The van der Waals surface area contributed by atoms with Gasteiger partial charge in [0.25, 0.3) is 0 Å². The van der Waals surface area contributed by atoms with Crippen LogP contribution < -0.4 is 5.32 Å². The van der Waals surface area contributed by atoms with Gasteiger partial charge in [-0.25, -0.2) is 9.97 Å². The molecule has 3 rings (SSSR count). The first-order chi connectivity index (χ1) is 9.20. The van der Waals surface area contributed by atoms with E-state index >= 15 is 0 Å². The summed E-state index contributed by atoms with van der Waals surface area (Å²) in [7, 11) is 0. The minimum absolute atomic E-state index is 0.544. The lowest BCUT2D eigenvalue weighted by atomic mass is 10.0. The van der Waals surface area contributed by atoms with Crippen molar-refractivity contribution in [3.8, 4) is 0 Å². The van der Waals surface area contributed by atoms with E-state index in [4.69, 9.17) is 11.6 Å². The Hall–Kier alpha value is -0.830. The van der Waals surface area contributed by atoms with E-state index in [1.165, 1.54) is 44.9 Å². The van der Waals surface area contributed by atoms with Gasteiger partial charge in [0.2, 0.25) is 0 Å². The van der Waals surface area contributed by atoms with Crippen LogP contribution in [0.3, 0.4) is 0 Å². The fourth-order valence-corrected chi connectivity index (χ4v) is 3.06. The highest BCUT2D eigenvalue weighted by Crippen LogP contribution is 2.39. The second-order valence-electron chi connectivity index (χ2n) is 6.16. The van der Waals surface area contributed by atoms with Crippen LogP contribution in [0.25, 0.3) is 0 Å². The number of hydrogen-bond donors (Lipinski definition) is 1. The van der Waals surface area contributed by atoms with Crippen LogP contribution in [0, 0.1) is 5.92 Å². The first kappa shape index (κ1) is 13.2. The Kier molecular flexibility index (Phi) is 3.92. The predicted molar refractivity (Wildman–Crippen MR) is 78.7 cm³/mol. The third kappa shape index (κ3) is 3.59. The molecule has 19 heavy (non-hydrogen) atoms. The smallest absolute Gasteiger partial charge is 0.135 e. The van der Waals surface area contributed by atoms with Crippen molar-refractivity contribution in [3.63, 3.8) is 0 Å². The van der Waals surface area contributed by atoms with Crippen molar-refractivity contribution < 1.29 is 0 Å². The molecule has 4 heteroatoms. The van der Waals surface area contributed by atoms with E-state index in [0.717, 1.165) is 17.6 Å². The summed E-state index contributed by atoms with van der Waals surface area (Å²) >= 11 is 6.10. The van der Waals surface area contributed by atoms with Crippen LogP contribution in [0.2, 0.25) is 5.15 Å². The Morgan fingerprint density at radius 3 is 2.74 bits per heavy atom. The zero-order valence-corrected chi connectivity index (χ0v) is 12.3. The second kappa shape index (κ2) is 5.66. The Labute approximate surface area is 120 Å². The monoisotopic (exact) mass is 279 g/mol. The standard InChI is InChI=1S/C15H22ClN3/c1-10-3-2-4-12(8-5-10)17-14-9-13(16)18-15(19-14)11-6-7-11/h9-12H,2-8H2,1H3,(H,17,18,19). The van der Waals surface area contributed by atoms with Gasteiger partial charge in [-0.05, 0) is 38.0 Å². The summed E-state index contributed by atoms with van der Waals surface area (Å²) in [5.41, 5.74) is 0. The van der Waals surface area contributed by atoms with E-state index in [9.17, 15) is 0 Å². The molecule has 0 radical (unpaired) electrons. The maximum atomic E-state index is 6.10. The number of hydrogen-bond acceptors (Lipinski definition) is 3. The van der Waals surface area contributed by atoms with Crippen LogP contribution in [0.5, 0.6) is 0 Å². The number of anilines is 1. The molecule has 0 bridgehead atoms. The Balaban J connectivity index is 1.68. The zero-order chi connectivity index (χ0) is 13.2. The van der Waals surface area contributed by atoms with Gasteiger partial charge in [-0.3, -0.25) is 0 Å². The van der Waals surface area contributed by atoms with Crippen LogP contribution in [-0.2, 0) is 0 Å². The predicted octanol–water partition coefficient (Wildman–Crippen LogP) is 4.39. The molecular formula is C15H22ClN3. The van der Waals surface area contributed by atoms with E-state index in [0.29, 0.717) is 17.1 Å². The summed E-state index contributed by atoms with van der Waals surface area (Å²) in [6.45, 7) is 2.36. The topological polar surface area (TPSA) is 37.8 Å². The van der Waals surface area contributed by atoms with Crippen LogP contribution >= 0.6 is 11.6 Å². The fourth-order valence-electron chi connectivity index (χ4n) is 2.87. The summed E-state index contributed by atoms with van der Waals surface area (Å²) in [4.78, 5) is 8.97. The highest BCUT2D eigenvalue weighted by atomic mass is 35.5. The highest BCUT2D eigenvalue weighted by Gasteiger charge is 2.27. The van der Waals surface area contributed by atoms with Gasteiger partial charge >= 0.3 is 0 Å². The lowest BCUT2D eigenvalue weighted by Gasteiger charge is -2.17. The summed E-state index contributed by atoms with van der Waals surface area (Å²) < 4.78 is 0. The molecule has 2 atom stereocenters. The van der Waals surface area contributed by atoms with Crippen molar-refractivity contribution in [1.82, 2.24) is 9.97 Å². The molecule has 0 aliphatic heterocycles. The molecule has 104 valence electrons. The Morgan fingerprint density at radius 2 is 1.95 bits per heavy atom. The van der Waals surface area contributed by atoms with Gasteiger partial charge in [-0.2, -0.15) is 0 Å². The Morgan fingerprint density at radius 1 is 1.11 bits per heavy atom. The highest BCUT2D eigenvalue weighted by molar-refractivity contribution is 6.29. The van der Waals surface area contributed by atoms with E-state index in [2.05, 4.69) is 22.2 Å². The van der Waals surface area contributed by atoms with Gasteiger partial charge in [-0.1, -0.05) is 31.4 Å². The van der Waals surface area contributed by atoms with Crippen LogP contribution in [0.1, 0.15) is 63.6 Å². The molecule has 0 amide bonds. The molecule has 2 aliphatic carbocycles. The lowest BCUT2D eigenvalue weighted by Crippen LogP contribution is -2.19. The quantitative estimate of drug-likeness (QED) is 0.659. The number of nitrogens with zero attached hydrogens (tertiary/aromatic N) is 2. The first-order valence-corrected chi connectivity index (χ1v) is 7.89. The first-order valence-electron chi connectivity index (χ1n) is 7.51. The molecule has 2 saturated carbocycles. The van der Waals surface area contributed by atoms with Gasteiger partial charge in [0, 0.05) is 18.0 Å². The minimum atomic E-state index is 0.544. The Bertz CT molecular complexity index is 445. The number of halogens is 1. The van der Waals surface area contributed by atoms with Crippen molar-refractivity contribution in [1.29, 1.82) is 0 Å². The molecule has 1 aromatic heterocycles. The van der Waals surface area contributed by atoms with Crippen LogP contribution in [0.15, 0.2) is 6.07 Å². The minimum Gasteiger partial charge on any atom is -0.367 e. The number of rotatable bonds is 3. The number of aromatic nitrogens is 2. The zero-order valence-electron chi connectivity index (χ0n) is 11.5. The van der Waals surface area contributed by atoms with Gasteiger partial charge in [0.1, 0.15) is 16.8 Å². The molecule has 2 aliphatic rings. The van der Waals surface area contributed by atoms with Gasteiger partial charge in [0.15, 0.2) is 0 Å². The van der Waals surface area contributed by atoms with Crippen molar-refractivity contribution in [3.05, 3.63) is 17.0 Å². The van der Waals surface area contributed by atoms with E-state index in [1.54, 1.807) is 0 Å². The molecule has 0 saturated heterocycles. The van der Waals surface area contributed by atoms with E-state index < -0.39 is 0 Å². The number of nitrogens with one attached hydrogen (secondary N) is 1. The lowest BCUT2D eigenvalue weighted by molar-refractivity contribution is 0.502. The SMILES string of the molecule is CC1CCCC(Nc2cc(Cl)nc(C3CC3)n2)CC1. The van der Waals surface area contributed by atoms with Gasteiger partial charge in [0.05, 0.1) is 0 Å². The van der Waals surface area contributed by atoms with Gasteiger partial charge in [-0.15, -0.1) is 0 Å². The van der Waals surface area contributed by atoms with Crippen LogP contribution in [0.4, 0.5) is 5.82 Å². The molecule has 1 aromatic rings. The van der Waals surface area contributed by atoms with E-state index in [1.807, 2.05) is 6.07 Å². The second-order valence-corrected chi connectivity index (χ2v) is 6.55. The fraction of sp³-hybridized carbons (Fsp3) is 0.733. The molecular weight excluding hydrogens is 258 g/mol. The molecule has 3 nitrogen and oxygen atoms in total. The third-order valence-electron chi connectivity index (χ3n) is 4.26.